The number of halogens is 2. The van der Waals surface area contributed by atoms with Crippen LogP contribution < -0.4 is 14.8 Å². The molecule has 46 heavy (non-hydrogen) atoms. The molecule has 2 saturated heterocycles. The van der Waals surface area contributed by atoms with E-state index in [0.29, 0.717) is 0 Å². The summed E-state index contributed by atoms with van der Waals surface area (Å²) in [6.45, 7) is 5.80. The number of likely N-dealkylation sites (tertiary alicyclic amines) is 1. The number of carbonyl (C=O) groups is 1. The smallest absolute Gasteiger partial charge is 0.295 e. The minimum Gasteiger partial charge on any atom is -0.490 e. The van der Waals surface area contributed by atoms with Crippen molar-refractivity contribution in [2.45, 2.75) is 68.0 Å². The molecule has 0 aromatic heterocycles. The number of hydrogen-bond acceptors (Lipinski definition) is 6. The van der Waals surface area contributed by atoms with Crippen LogP contribution in [0.1, 0.15) is 43.2 Å². The third kappa shape index (κ3) is 7.63. The lowest BCUT2D eigenvalue weighted by atomic mass is 9.98. The Bertz CT molecular complexity index is 1610. The molecule has 0 amide bonds. The molecule has 3 fully saturated rings. The lowest BCUT2D eigenvalue weighted by Gasteiger charge is -2.24. The fourth-order valence-corrected chi connectivity index (χ4v) is 7.52. The van der Waals surface area contributed by atoms with Crippen molar-refractivity contribution in [3.63, 3.8) is 0 Å². The minimum absolute atomic E-state index is 0.207. The van der Waals surface area contributed by atoms with E-state index in [4.69, 9.17) is 4.74 Å². The van der Waals surface area contributed by atoms with Gasteiger partial charge in [-0.1, -0.05) is 66.2 Å². The van der Waals surface area contributed by atoms with Crippen molar-refractivity contribution in [1.29, 1.82) is 0 Å². The summed E-state index contributed by atoms with van der Waals surface area (Å²) in [5.74, 6) is -1.55. The highest BCUT2D eigenvalue weighted by molar-refractivity contribution is 7.97. The molecule has 5 nitrogen and oxygen atoms in total. The highest BCUT2D eigenvalue weighted by Gasteiger charge is 2.41. The van der Waals surface area contributed by atoms with Crippen LogP contribution in [0.3, 0.4) is 0 Å². The van der Waals surface area contributed by atoms with Crippen molar-refractivity contribution in [2.24, 2.45) is 5.92 Å². The van der Waals surface area contributed by atoms with Crippen LogP contribution in [-0.2, 0) is 10.7 Å². The van der Waals surface area contributed by atoms with Gasteiger partial charge in [0, 0.05) is 23.0 Å². The van der Waals surface area contributed by atoms with Gasteiger partial charge in [0.2, 0.25) is 0 Å². The molecule has 0 spiro atoms. The Hall–Kier alpha value is -3.30. The van der Waals surface area contributed by atoms with Gasteiger partial charge in [-0.05, 0) is 123 Å². The average molecular weight is 644 g/mol. The van der Waals surface area contributed by atoms with Gasteiger partial charge < -0.3 is 19.7 Å². The molecule has 8 heteroatoms. The van der Waals surface area contributed by atoms with Crippen LogP contribution in [0, 0.1) is 12.8 Å². The molecule has 0 bridgehead atoms. The summed E-state index contributed by atoms with van der Waals surface area (Å²) < 4.78 is 39.3. The standard InChI is InChI=1S/C31H29F2NO2S.C7H14N2/c1-21-6-8-22(9-7-21)23-10-14-26(15-11-23)31(32,33)30(20-35)34-37-29-17-13-24-18-28(16-12-25(24)19-29)36-27-4-2-3-5-27;1-9-3-2-6-4-8-5-7(6)9/h6-20,27,30,34H,2-5H2,1H3;6-8H,2-5H2,1H3. The van der Waals surface area contributed by atoms with Gasteiger partial charge in [0.1, 0.15) is 18.1 Å². The Morgan fingerprint density at radius 3 is 2.28 bits per heavy atom. The molecule has 7 rings (SSSR count). The first kappa shape index (κ1) is 32.6. The number of alkyl halides is 2. The summed E-state index contributed by atoms with van der Waals surface area (Å²) in [6.07, 6.45) is 6.59. The highest BCUT2D eigenvalue weighted by Crippen LogP contribution is 2.35. The first-order chi connectivity index (χ1) is 22.3. The Morgan fingerprint density at radius 1 is 0.913 bits per heavy atom. The number of rotatable bonds is 9. The maximum absolute atomic E-state index is 15.3. The Labute approximate surface area is 275 Å². The molecular formula is C38H43F2N3O2S. The highest BCUT2D eigenvalue weighted by atomic mass is 32.2. The second-order valence-electron chi connectivity index (χ2n) is 12.9. The molecule has 242 valence electrons. The average Bonchev–Trinajstić information content (AvgIpc) is 3.84. The lowest BCUT2D eigenvalue weighted by Crippen LogP contribution is -2.41. The third-order valence-corrected chi connectivity index (χ3v) is 10.5. The van der Waals surface area contributed by atoms with Crippen LogP contribution in [0.25, 0.3) is 21.9 Å². The van der Waals surface area contributed by atoms with E-state index in [1.54, 1.807) is 12.1 Å². The van der Waals surface area contributed by atoms with E-state index < -0.39 is 12.0 Å². The summed E-state index contributed by atoms with van der Waals surface area (Å²) in [6, 6.07) is 24.8. The van der Waals surface area contributed by atoms with E-state index in [-0.39, 0.29) is 18.0 Å². The number of aldehydes is 1. The zero-order valence-corrected chi connectivity index (χ0v) is 27.4. The van der Waals surface area contributed by atoms with Crippen molar-refractivity contribution >= 4 is 29.0 Å². The summed E-state index contributed by atoms with van der Waals surface area (Å²) in [4.78, 5) is 14.9. The number of benzene rings is 4. The van der Waals surface area contributed by atoms with Crippen molar-refractivity contribution in [1.82, 2.24) is 14.9 Å². The SMILES string of the molecule is CN1CCC2CNCC21.Cc1ccc(-c2ccc(C(F)(F)C(C=O)NSc3ccc4cc(OC5CCCC5)ccc4c3)cc2)cc1. The Balaban J connectivity index is 0.000000352. The van der Waals surface area contributed by atoms with Crippen molar-refractivity contribution in [3.8, 4) is 16.9 Å². The molecule has 1 saturated carbocycles. The van der Waals surface area contributed by atoms with Gasteiger partial charge in [0.05, 0.1) is 6.10 Å². The lowest BCUT2D eigenvalue weighted by molar-refractivity contribution is -0.119. The third-order valence-electron chi connectivity index (χ3n) is 9.60. The quantitative estimate of drug-likeness (QED) is 0.142. The number of nitrogens with zero attached hydrogens (tertiary/aromatic N) is 1. The number of fused-ring (bicyclic) bond motifs is 2. The van der Waals surface area contributed by atoms with Crippen LogP contribution in [0.2, 0.25) is 0 Å². The summed E-state index contributed by atoms with van der Waals surface area (Å²) in [5, 5.41) is 5.41. The maximum atomic E-state index is 15.3. The van der Waals surface area contributed by atoms with Crippen LogP contribution in [0.4, 0.5) is 8.78 Å². The van der Waals surface area contributed by atoms with Gasteiger partial charge in [-0.3, -0.25) is 0 Å². The van der Waals surface area contributed by atoms with Crippen LogP contribution in [-0.4, -0.2) is 56.1 Å². The molecule has 3 unspecified atom stereocenters. The first-order valence-electron chi connectivity index (χ1n) is 16.3. The molecule has 4 aromatic carbocycles. The van der Waals surface area contributed by atoms with Gasteiger partial charge in [-0.15, -0.1) is 0 Å². The topological polar surface area (TPSA) is 53.6 Å². The predicted octanol–water partition coefficient (Wildman–Crippen LogP) is 8.00. The maximum Gasteiger partial charge on any atom is 0.295 e. The number of hydrogen-bond donors (Lipinski definition) is 2. The second-order valence-corrected chi connectivity index (χ2v) is 13.8. The molecule has 0 radical (unpaired) electrons. The zero-order chi connectivity index (χ0) is 32.1. The van der Waals surface area contributed by atoms with Gasteiger partial charge in [0.15, 0.2) is 0 Å². The number of aryl methyl sites for hydroxylation is 1. The zero-order valence-electron chi connectivity index (χ0n) is 26.6. The van der Waals surface area contributed by atoms with E-state index in [9.17, 15) is 4.79 Å². The van der Waals surface area contributed by atoms with Crippen molar-refractivity contribution in [3.05, 3.63) is 96.1 Å². The largest absolute Gasteiger partial charge is 0.490 e. The minimum atomic E-state index is -3.37. The van der Waals surface area contributed by atoms with Crippen molar-refractivity contribution in [2.75, 3.05) is 26.7 Å². The van der Waals surface area contributed by atoms with Gasteiger partial charge in [0.25, 0.3) is 5.92 Å². The van der Waals surface area contributed by atoms with Crippen LogP contribution in [0.15, 0.2) is 89.8 Å². The summed E-state index contributed by atoms with van der Waals surface area (Å²) in [5.41, 5.74) is 2.72. The fraction of sp³-hybridized carbons (Fsp3) is 0.395. The number of carbonyl (C=O) groups excluding carboxylic acids is 1. The molecule has 2 N–H and O–H groups in total. The predicted molar refractivity (Wildman–Crippen MR) is 184 cm³/mol. The molecule has 2 aliphatic heterocycles. The fourth-order valence-electron chi connectivity index (χ4n) is 6.73. The van der Waals surface area contributed by atoms with Gasteiger partial charge in [-0.25, -0.2) is 4.72 Å². The monoisotopic (exact) mass is 643 g/mol. The number of likely N-dealkylation sites (N-methyl/N-ethyl adjacent to an activating group) is 1. The summed E-state index contributed by atoms with van der Waals surface area (Å²) in [7, 11) is 2.23. The van der Waals surface area contributed by atoms with E-state index in [1.165, 1.54) is 51.0 Å². The van der Waals surface area contributed by atoms with Crippen LogP contribution >= 0.6 is 11.9 Å². The van der Waals surface area contributed by atoms with Crippen LogP contribution in [0.5, 0.6) is 5.75 Å². The molecule has 1 aliphatic carbocycles. The molecule has 3 aliphatic rings. The van der Waals surface area contributed by atoms with Crippen molar-refractivity contribution < 1.29 is 18.3 Å². The molecule has 3 atom stereocenters. The summed E-state index contributed by atoms with van der Waals surface area (Å²) >= 11 is 1.03. The Morgan fingerprint density at radius 2 is 1.59 bits per heavy atom. The first-order valence-corrected chi connectivity index (χ1v) is 17.2. The van der Waals surface area contributed by atoms with Gasteiger partial charge in [-0.2, -0.15) is 8.78 Å². The molecule has 2 heterocycles. The Kier molecular flexibility index (Phi) is 10.4. The van der Waals surface area contributed by atoms with E-state index >= 15 is 8.78 Å². The second kappa shape index (κ2) is 14.6. The molecule has 4 aromatic rings. The normalized spacial score (nSPS) is 20.7. The molecular weight excluding hydrogens is 601 g/mol. The van der Waals surface area contributed by atoms with E-state index in [0.717, 1.165) is 74.9 Å². The number of ether oxygens (including phenoxy) is 1. The van der Waals surface area contributed by atoms with E-state index in [1.807, 2.05) is 67.6 Å². The number of nitrogens with one attached hydrogen (secondary N) is 2. The van der Waals surface area contributed by atoms with E-state index in [2.05, 4.69) is 22.0 Å². The van der Waals surface area contributed by atoms with Gasteiger partial charge >= 0.3 is 0 Å².